The summed E-state index contributed by atoms with van der Waals surface area (Å²) in [5.74, 6) is -0.543. The van der Waals surface area contributed by atoms with Gasteiger partial charge in [0.2, 0.25) is 5.75 Å². The number of hydrogen-bond donors (Lipinski definition) is 2. The fourth-order valence-corrected chi connectivity index (χ4v) is 2.37. The van der Waals surface area contributed by atoms with E-state index in [1.54, 1.807) is 6.07 Å². The summed E-state index contributed by atoms with van der Waals surface area (Å²) in [6.45, 7) is 3.56. The number of nitro groups is 1. The van der Waals surface area contributed by atoms with Crippen LogP contribution in [0.1, 0.15) is 16.7 Å². The minimum Gasteiger partial charge on any atom is -0.502 e. The Hall–Kier alpha value is -3.13. The number of rotatable bonds is 6. The third-order valence-corrected chi connectivity index (χ3v) is 3.58. The maximum Gasteiger partial charge on any atom is 0.312 e. The number of benzene rings is 2. The molecule has 2 rings (SSSR count). The quantitative estimate of drug-likeness (QED) is 0.456. The van der Waals surface area contributed by atoms with Gasteiger partial charge < -0.3 is 9.84 Å². The van der Waals surface area contributed by atoms with Gasteiger partial charge >= 0.3 is 5.69 Å². The van der Waals surface area contributed by atoms with Crippen LogP contribution >= 0.6 is 11.6 Å². The molecule has 0 spiro atoms. The molecule has 0 heterocycles. The highest BCUT2D eigenvalue weighted by molar-refractivity contribution is 6.31. The van der Waals surface area contributed by atoms with E-state index in [-0.39, 0.29) is 17.2 Å². The molecule has 0 radical (unpaired) electrons. The summed E-state index contributed by atoms with van der Waals surface area (Å²) in [4.78, 5) is 21.8. The summed E-state index contributed by atoms with van der Waals surface area (Å²) in [7, 11) is 0. The van der Waals surface area contributed by atoms with E-state index in [4.69, 9.17) is 16.3 Å². The lowest BCUT2D eigenvalue weighted by Crippen LogP contribution is -2.24. The van der Waals surface area contributed by atoms with Gasteiger partial charge in [-0.1, -0.05) is 29.3 Å². The molecule has 2 N–H and O–H groups in total. The summed E-state index contributed by atoms with van der Waals surface area (Å²) < 4.78 is 5.40. The molecule has 0 fully saturated rings. The molecule has 0 aliphatic rings. The zero-order valence-corrected chi connectivity index (χ0v) is 14.8. The van der Waals surface area contributed by atoms with Gasteiger partial charge in [-0.05, 0) is 31.5 Å². The van der Waals surface area contributed by atoms with Gasteiger partial charge in [-0.15, -0.1) is 0 Å². The van der Waals surface area contributed by atoms with Gasteiger partial charge in [-0.3, -0.25) is 14.9 Å². The van der Waals surface area contributed by atoms with Crippen LogP contribution in [0.2, 0.25) is 5.02 Å². The van der Waals surface area contributed by atoms with Crippen molar-refractivity contribution in [3.8, 4) is 11.5 Å². The largest absolute Gasteiger partial charge is 0.502 e. The van der Waals surface area contributed by atoms with Crippen molar-refractivity contribution in [3.05, 3.63) is 62.2 Å². The lowest BCUT2D eigenvalue weighted by Gasteiger charge is -2.08. The van der Waals surface area contributed by atoms with Crippen LogP contribution in [-0.4, -0.2) is 28.8 Å². The number of phenols is 1. The molecule has 136 valence electrons. The van der Waals surface area contributed by atoms with E-state index < -0.39 is 22.3 Å². The highest BCUT2D eigenvalue weighted by atomic mass is 35.5. The predicted octanol–water partition coefficient (Wildman–Crippen LogP) is 3.10. The zero-order valence-electron chi connectivity index (χ0n) is 14.0. The van der Waals surface area contributed by atoms with Gasteiger partial charge in [0.15, 0.2) is 6.61 Å². The fourth-order valence-electron chi connectivity index (χ4n) is 2.15. The first kappa shape index (κ1) is 19.2. The van der Waals surface area contributed by atoms with Crippen molar-refractivity contribution in [3.63, 3.8) is 0 Å². The molecule has 0 aliphatic heterocycles. The van der Waals surface area contributed by atoms with Gasteiger partial charge in [0, 0.05) is 16.7 Å². The van der Waals surface area contributed by atoms with E-state index in [0.717, 1.165) is 23.4 Å². The molecule has 0 unspecified atom stereocenters. The number of nitrogens with zero attached hydrogens (tertiary/aromatic N) is 2. The second-order valence-corrected chi connectivity index (χ2v) is 5.91. The molecule has 0 aliphatic carbocycles. The molecule has 2 aromatic rings. The van der Waals surface area contributed by atoms with Gasteiger partial charge in [-0.2, -0.15) is 5.10 Å². The van der Waals surface area contributed by atoms with Crippen molar-refractivity contribution >= 4 is 29.4 Å². The van der Waals surface area contributed by atoms with Crippen LogP contribution in [0.15, 0.2) is 35.4 Å². The van der Waals surface area contributed by atoms with E-state index in [2.05, 4.69) is 10.5 Å². The Balaban J connectivity index is 1.98. The Morgan fingerprint density at radius 3 is 2.77 bits per heavy atom. The Kier molecular flexibility index (Phi) is 6.13. The number of amides is 1. The summed E-state index contributed by atoms with van der Waals surface area (Å²) in [6.07, 6.45) is 1.06. The number of phenolic OH excluding ortho intramolecular Hbond substituents is 1. The predicted molar refractivity (Wildman–Crippen MR) is 96.9 cm³/mol. The minimum atomic E-state index is -0.769. The summed E-state index contributed by atoms with van der Waals surface area (Å²) >= 11 is 5.77. The van der Waals surface area contributed by atoms with Gasteiger partial charge in [0.25, 0.3) is 5.91 Å². The van der Waals surface area contributed by atoms with Crippen molar-refractivity contribution in [2.45, 2.75) is 13.8 Å². The van der Waals surface area contributed by atoms with E-state index in [1.165, 1.54) is 6.07 Å². The number of aromatic hydroxyl groups is 1. The maximum absolute atomic E-state index is 11.8. The average molecular weight is 378 g/mol. The van der Waals surface area contributed by atoms with E-state index in [9.17, 15) is 20.0 Å². The molecule has 0 bridgehead atoms. The smallest absolute Gasteiger partial charge is 0.312 e. The van der Waals surface area contributed by atoms with Gasteiger partial charge in [-0.25, -0.2) is 5.43 Å². The highest BCUT2D eigenvalue weighted by Crippen LogP contribution is 2.32. The number of hydrogen-bond acceptors (Lipinski definition) is 6. The molecular formula is C17H16ClN3O5. The Morgan fingerprint density at radius 1 is 1.38 bits per heavy atom. The molecule has 0 aromatic heterocycles. The van der Waals surface area contributed by atoms with Crippen LogP contribution < -0.4 is 10.2 Å². The highest BCUT2D eigenvalue weighted by Gasteiger charge is 2.17. The van der Waals surface area contributed by atoms with Gasteiger partial charge in [0.1, 0.15) is 5.75 Å². The van der Waals surface area contributed by atoms with Crippen molar-refractivity contribution in [2.24, 2.45) is 5.10 Å². The number of carbonyl (C=O) groups is 1. The number of hydrazone groups is 1. The minimum absolute atomic E-state index is 0.000188. The van der Waals surface area contributed by atoms with E-state index in [0.29, 0.717) is 5.75 Å². The summed E-state index contributed by atoms with van der Waals surface area (Å²) in [5.41, 5.74) is 3.64. The Bertz CT molecular complexity index is 883. The van der Waals surface area contributed by atoms with E-state index >= 15 is 0 Å². The van der Waals surface area contributed by atoms with Crippen LogP contribution in [0.5, 0.6) is 11.5 Å². The number of halogens is 1. The number of carbonyl (C=O) groups excluding carboxylic acids is 1. The monoisotopic (exact) mass is 377 g/mol. The third kappa shape index (κ3) is 4.93. The van der Waals surface area contributed by atoms with Crippen LogP contribution in [0.25, 0.3) is 0 Å². The lowest BCUT2D eigenvalue weighted by atomic mass is 10.1. The molecule has 1 amide bonds. The van der Waals surface area contributed by atoms with Crippen LogP contribution in [0.4, 0.5) is 5.69 Å². The van der Waals surface area contributed by atoms with Crippen LogP contribution in [0.3, 0.4) is 0 Å². The number of ether oxygens (including phenoxy) is 1. The van der Waals surface area contributed by atoms with Crippen molar-refractivity contribution in [2.75, 3.05) is 6.61 Å². The molecule has 2 aromatic carbocycles. The van der Waals surface area contributed by atoms with Crippen LogP contribution in [0, 0.1) is 24.0 Å². The second-order valence-electron chi connectivity index (χ2n) is 5.47. The second kappa shape index (κ2) is 8.30. The fraction of sp³-hybridized carbons (Fsp3) is 0.176. The standard InChI is InChI=1S/C17H16ClN3O5/c1-10-3-4-15(11(2)5-10)26-9-16(22)20-19-8-12-6-13(18)7-14(17(12)23)21(24)25/h3-8,23H,9H2,1-2H3,(H,20,22)/b19-8+. The molecule has 26 heavy (non-hydrogen) atoms. The number of nitro benzene ring substituents is 1. The third-order valence-electron chi connectivity index (χ3n) is 3.36. The first-order chi connectivity index (χ1) is 12.3. The summed E-state index contributed by atoms with van der Waals surface area (Å²) in [6, 6.07) is 7.87. The maximum atomic E-state index is 11.8. The molecule has 0 saturated carbocycles. The van der Waals surface area contributed by atoms with E-state index in [1.807, 2.05) is 26.0 Å². The van der Waals surface area contributed by atoms with Crippen molar-refractivity contribution in [1.29, 1.82) is 0 Å². The Labute approximate surface area is 154 Å². The number of nitrogens with one attached hydrogen (secondary N) is 1. The SMILES string of the molecule is Cc1ccc(OCC(=O)N/N=C/c2cc(Cl)cc([N+](=O)[O-])c2O)c(C)c1. The number of aryl methyl sites for hydroxylation is 2. The molecule has 0 saturated heterocycles. The molecular weight excluding hydrogens is 362 g/mol. The van der Waals surface area contributed by atoms with Crippen LogP contribution in [-0.2, 0) is 4.79 Å². The zero-order chi connectivity index (χ0) is 19.3. The Morgan fingerprint density at radius 2 is 2.12 bits per heavy atom. The van der Waals surface area contributed by atoms with Crippen molar-refractivity contribution in [1.82, 2.24) is 5.43 Å². The molecule has 0 atom stereocenters. The molecule has 9 heteroatoms. The lowest BCUT2D eigenvalue weighted by molar-refractivity contribution is -0.385. The first-order valence-corrected chi connectivity index (χ1v) is 7.84. The topological polar surface area (TPSA) is 114 Å². The van der Waals surface area contributed by atoms with Gasteiger partial charge in [0.05, 0.1) is 11.1 Å². The first-order valence-electron chi connectivity index (χ1n) is 7.47. The normalized spacial score (nSPS) is 10.7. The van der Waals surface area contributed by atoms with Crippen molar-refractivity contribution < 1.29 is 19.6 Å². The summed E-state index contributed by atoms with van der Waals surface area (Å²) in [5, 5.41) is 24.4. The average Bonchev–Trinajstić information content (AvgIpc) is 2.56. The molecule has 8 nitrogen and oxygen atoms in total.